The molecule has 28 heavy (non-hydrogen) atoms. The van der Waals surface area contributed by atoms with Crippen molar-refractivity contribution in [2.75, 3.05) is 5.75 Å². The molecule has 3 atom stereocenters. The quantitative estimate of drug-likeness (QED) is 0.403. The summed E-state index contributed by atoms with van der Waals surface area (Å²) in [4.78, 5) is 15.6. The molecule has 4 aliphatic carbocycles. The van der Waals surface area contributed by atoms with Crippen molar-refractivity contribution in [2.45, 2.75) is 81.2 Å². The number of nitrogens with zero attached hydrogens (tertiary/aromatic N) is 2. The van der Waals surface area contributed by atoms with Crippen LogP contribution in [0.2, 0.25) is 0 Å². The molecule has 2 N–H and O–H groups in total. The molecule has 0 aliphatic heterocycles. The van der Waals surface area contributed by atoms with E-state index in [-0.39, 0.29) is 16.8 Å². The second-order valence-electron chi connectivity index (χ2n) is 9.69. The molecule has 7 heteroatoms. The van der Waals surface area contributed by atoms with Crippen LogP contribution in [-0.2, 0) is 4.79 Å². The molecule has 1 heterocycles. The maximum atomic E-state index is 12.4. The Balaban J connectivity index is 1.28. The van der Waals surface area contributed by atoms with Crippen LogP contribution in [0, 0.1) is 29.1 Å². The van der Waals surface area contributed by atoms with Crippen molar-refractivity contribution >= 4 is 33.6 Å². The van der Waals surface area contributed by atoms with Gasteiger partial charge in [-0.3, -0.25) is 4.79 Å². The van der Waals surface area contributed by atoms with E-state index in [1.54, 1.807) is 0 Å². The number of carbonyl (C=O) groups excluding carboxylic acids is 1. The van der Waals surface area contributed by atoms with Crippen molar-refractivity contribution in [1.29, 1.82) is 0 Å². The van der Waals surface area contributed by atoms with Crippen molar-refractivity contribution in [1.82, 2.24) is 20.5 Å². The van der Waals surface area contributed by atoms with Crippen LogP contribution in [-0.4, -0.2) is 37.7 Å². The molecule has 4 saturated carbocycles. The number of nitrogens with one attached hydrogen (secondary N) is 2. The van der Waals surface area contributed by atoms with E-state index in [2.05, 4.69) is 50.3 Å². The van der Waals surface area contributed by atoms with E-state index in [0.29, 0.717) is 16.3 Å². The lowest BCUT2D eigenvalue weighted by Crippen LogP contribution is -2.49. The number of halogens is 1. The first-order valence-corrected chi connectivity index (χ1v) is 12.8. The molecule has 5 nitrogen and oxygen atoms in total. The van der Waals surface area contributed by atoms with Gasteiger partial charge in [-0.25, -0.2) is 0 Å². The van der Waals surface area contributed by atoms with Gasteiger partial charge in [-0.15, -0.1) is 10.2 Å². The molecule has 1 amide bonds. The molecule has 4 aliphatic rings. The van der Waals surface area contributed by atoms with Crippen molar-refractivity contribution < 1.29 is 4.79 Å². The van der Waals surface area contributed by atoms with Gasteiger partial charge in [-0.05, 0) is 80.5 Å². The second kappa shape index (κ2) is 8.66. The second-order valence-corrected chi connectivity index (χ2v) is 12.1. The normalized spacial score (nSPS) is 34.2. The Kier molecular flexibility index (Phi) is 6.41. The van der Waals surface area contributed by atoms with Gasteiger partial charge in [0.15, 0.2) is 5.16 Å². The number of thioether (sulfide) groups is 1. The number of aromatic amines is 1. The summed E-state index contributed by atoms with van der Waals surface area (Å²) in [6, 6.07) is 0.180. The van der Waals surface area contributed by atoms with Gasteiger partial charge < -0.3 is 10.3 Å². The highest BCUT2D eigenvalue weighted by Gasteiger charge is 2.52. The largest absolute Gasteiger partial charge is 0.352 e. The van der Waals surface area contributed by atoms with Crippen LogP contribution in [0.5, 0.6) is 0 Å². The maximum Gasteiger partial charge on any atom is 0.230 e. The van der Waals surface area contributed by atoms with E-state index >= 15 is 0 Å². The minimum Gasteiger partial charge on any atom is -0.352 e. The lowest BCUT2D eigenvalue weighted by atomic mass is 9.46. The SMILES string of the molecule is CC(Br)C(CCC(C)C12CC3CC(CC(C3)C1)C2)NC(=O)CSc1nnc[nH]1. The smallest absolute Gasteiger partial charge is 0.230 e. The molecular formula is C21H33BrN4OS. The number of aromatic nitrogens is 3. The average molecular weight is 469 g/mol. The first-order chi connectivity index (χ1) is 13.4. The molecule has 4 bridgehead atoms. The summed E-state index contributed by atoms with van der Waals surface area (Å²) in [5.74, 6) is 4.22. The zero-order valence-corrected chi connectivity index (χ0v) is 19.4. The van der Waals surface area contributed by atoms with Crippen LogP contribution >= 0.6 is 27.7 Å². The van der Waals surface area contributed by atoms with Crippen LogP contribution in [0.3, 0.4) is 0 Å². The minimum absolute atomic E-state index is 0.0696. The maximum absolute atomic E-state index is 12.4. The highest BCUT2D eigenvalue weighted by Crippen LogP contribution is 2.63. The van der Waals surface area contributed by atoms with Gasteiger partial charge in [-0.2, -0.15) is 0 Å². The van der Waals surface area contributed by atoms with Gasteiger partial charge >= 0.3 is 0 Å². The Labute approximate surface area is 181 Å². The molecule has 0 spiro atoms. The molecule has 156 valence electrons. The molecule has 3 unspecified atom stereocenters. The zero-order chi connectivity index (χ0) is 19.7. The van der Waals surface area contributed by atoms with Crippen molar-refractivity contribution in [3.63, 3.8) is 0 Å². The summed E-state index contributed by atoms with van der Waals surface area (Å²) in [6.45, 7) is 4.63. The molecule has 1 aromatic rings. The molecular weight excluding hydrogens is 436 g/mol. The Bertz CT molecular complexity index is 630. The van der Waals surface area contributed by atoms with Gasteiger partial charge in [0.25, 0.3) is 0 Å². The van der Waals surface area contributed by atoms with Crippen molar-refractivity contribution in [3.8, 4) is 0 Å². The number of alkyl halides is 1. The van der Waals surface area contributed by atoms with Gasteiger partial charge in [0.2, 0.25) is 5.91 Å². The summed E-state index contributed by atoms with van der Waals surface area (Å²) in [5, 5.41) is 11.6. The van der Waals surface area contributed by atoms with E-state index in [1.807, 2.05) is 0 Å². The van der Waals surface area contributed by atoms with E-state index in [0.717, 1.165) is 30.1 Å². The average Bonchev–Trinajstić information content (AvgIpc) is 3.15. The van der Waals surface area contributed by atoms with Crippen molar-refractivity contribution in [2.24, 2.45) is 29.1 Å². The number of hydrogen-bond acceptors (Lipinski definition) is 4. The number of hydrogen-bond donors (Lipinski definition) is 2. The summed E-state index contributed by atoms with van der Waals surface area (Å²) in [7, 11) is 0. The fourth-order valence-electron chi connectivity index (χ4n) is 6.58. The van der Waals surface area contributed by atoms with Crippen LogP contribution in [0.1, 0.15) is 65.2 Å². The Morgan fingerprint density at radius 1 is 1.25 bits per heavy atom. The molecule has 5 rings (SSSR count). The summed E-state index contributed by atoms with van der Waals surface area (Å²) >= 11 is 5.12. The fraction of sp³-hybridized carbons (Fsp3) is 0.857. The van der Waals surface area contributed by atoms with Crippen LogP contribution < -0.4 is 5.32 Å². The van der Waals surface area contributed by atoms with E-state index < -0.39 is 0 Å². The van der Waals surface area contributed by atoms with E-state index in [1.165, 1.54) is 63.0 Å². The van der Waals surface area contributed by atoms with Crippen LogP contribution in [0.15, 0.2) is 11.5 Å². The highest BCUT2D eigenvalue weighted by atomic mass is 79.9. The predicted molar refractivity (Wildman–Crippen MR) is 116 cm³/mol. The third-order valence-electron chi connectivity index (χ3n) is 7.68. The Hall–Kier alpha value is -0.560. The molecule has 0 saturated heterocycles. The number of rotatable bonds is 9. The third-order valence-corrected chi connectivity index (χ3v) is 9.19. The van der Waals surface area contributed by atoms with Crippen LogP contribution in [0.4, 0.5) is 0 Å². The van der Waals surface area contributed by atoms with Gasteiger partial charge in [0, 0.05) is 10.9 Å². The van der Waals surface area contributed by atoms with Crippen LogP contribution in [0.25, 0.3) is 0 Å². The van der Waals surface area contributed by atoms with E-state index in [9.17, 15) is 4.79 Å². The number of carbonyl (C=O) groups is 1. The first kappa shape index (κ1) is 20.7. The third kappa shape index (κ3) is 4.61. The lowest BCUT2D eigenvalue weighted by molar-refractivity contribution is -0.119. The number of H-pyrrole nitrogens is 1. The standard InChI is InChI=1S/C21H33BrN4OS/c1-13(21-8-15-5-16(9-21)7-17(6-15)10-21)3-4-18(14(2)22)25-19(27)11-28-20-23-12-24-26-20/h12-18H,3-11H2,1-2H3,(H,25,27)(H,23,24,26). The Morgan fingerprint density at radius 3 is 2.43 bits per heavy atom. The monoisotopic (exact) mass is 468 g/mol. The molecule has 1 aromatic heterocycles. The molecule has 4 fully saturated rings. The predicted octanol–water partition coefficient (Wildman–Crippen LogP) is 4.80. The number of amides is 1. The van der Waals surface area contributed by atoms with Crippen molar-refractivity contribution in [3.05, 3.63) is 6.33 Å². The molecule has 0 aromatic carbocycles. The van der Waals surface area contributed by atoms with Gasteiger partial charge in [0.1, 0.15) is 6.33 Å². The van der Waals surface area contributed by atoms with E-state index in [4.69, 9.17) is 0 Å². The lowest BCUT2D eigenvalue weighted by Gasteiger charge is -2.59. The minimum atomic E-state index is 0.0696. The van der Waals surface area contributed by atoms with Gasteiger partial charge in [0.05, 0.1) is 5.75 Å². The Morgan fingerprint density at radius 2 is 1.89 bits per heavy atom. The summed E-state index contributed by atoms with van der Waals surface area (Å²) in [6.07, 6.45) is 12.7. The zero-order valence-electron chi connectivity index (χ0n) is 17.0. The van der Waals surface area contributed by atoms with Gasteiger partial charge in [-0.1, -0.05) is 41.5 Å². The first-order valence-electron chi connectivity index (χ1n) is 10.9. The topological polar surface area (TPSA) is 70.7 Å². The summed E-state index contributed by atoms with van der Waals surface area (Å²) in [5.41, 5.74) is 0.598. The highest BCUT2D eigenvalue weighted by molar-refractivity contribution is 9.09. The summed E-state index contributed by atoms with van der Waals surface area (Å²) < 4.78 is 0. The fourth-order valence-corrected chi connectivity index (χ4v) is 7.57. The molecule has 0 radical (unpaired) electrons.